The number of hydrazine groups is 1. The summed E-state index contributed by atoms with van der Waals surface area (Å²) in [6.07, 6.45) is 6.41. The molecule has 0 amide bonds. The van der Waals surface area contributed by atoms with Crippen LogP contribution < -0.4 is 16.2 Å². The SMILES string of the molecule is Cc1ccc(Nc2c(NNC3=CC=CC3)ccc(F)c2F)c(F)c1. The Kier molecular flexibility index (Phi) is 4.46. The number of rotatable bonds is 5. The van der Waals surface area contributed by atoms with Gasteiger partial charge < -0.3 is 10.7 Å². The quantitative estimate of drug-likeness (QED) is 0.681. The first-order valence-corrected chi connectivity index (χ1v) is 7.43. The van der Waals surface area contributed by atoms with Crippen molar-refractivity contribution in [3.63, 3.8) is 0 Å². The minimum Gasteiger partial charge on any atom is -0.349 e. The molecule has 2 aromatic carbocycles. The van der Waals surface area contributed by atoms with Crippen molar-refractivity contribution in [1.82, 2.24) is 5.43 Å². The van der Waals surface area contributed by atoms with Gasteiger partial charge in [-0.1, -0.05) is 18.2 Å². The summed E-state index contributed by atoms with van der Waals surface area (Å²) >= 11 is 0. The largest absolute Gasteiger partial charge is 0.349 e. The first-order valence-electron chi connectivity index (χ1n) is 7.43. The van der Waals surface area contributed by atoms with E-state index in [4.69, 9.17) is 0 Å². The van der Waals surface area contributed by atoms with E-state index in [0.29, 0.717) is 6.42 Å². The molecule has 0 bridgehead atoms. The molecule has 0 fully saturated rings. The molecule has 1 aliphatic rings. The van der Waals surface area contributed by atoms with Gasteiger partial charge in [0.1, 0.15) is 11.5 Å². The molecular weight excluding hydrogens is 315 g/mol. The van der Waals surface area contributed by atoms with E-state index in [2.05, 4.69) is 16.2 Å². The van der Waals surface area contributed by atoms with Gasteiger partial charge in [0.15, 0.2) is 11.6 Å². The highest BCUT2D eigenvalue weighted by Crippen LogP contribution is 2.31. The number of nitrogens with one attached hydrogen (secondary N) is 3. The van der Waals surface area contributed by atoms with Crippen LogP contribution in [0.5, 0.6) is 0 Å². The second-order valence-corrected chi connectivity index (χ2v) is 5.47. The lowest BCUT2D eigenvalue weighted by molar-refractivity contribution is 0.512. The lowest BCUT2D eigenvalue weighted by atomic mass is 10.2. The van der Waals surface area contributed by atoms with Gasteiger partial charge in [-0.2, -0.15) is 0 Å². The van der Waals surface area contributed by atoms with E-state index < -0.39 is 17.5 Å². The third kappa shape index (κ3) is 3.37. The molecule has 0 radical (unpaired) electrons. The van der Waals surface area contributed by atoms with Crippen LogP contribution in [0.3, 0.4) is 0 Å². The van der Waals surface area contributed by atoms with E-state index in [0.717, 1.165) is 17.3 Å². The highest BCUT2D eigenvalue weighted by atomic mass is 19.2. The van der Waals surface area contributed by atoms with Gasteiger partial charge in [-0.15, -0.1) is 0 Å². The zero-order valence-corrected chi connectivity index (χ0v) is 13.0. The molecule has 0 aliphatic heterocycles. The number of hydrogen-bond donors (Lipinski definition) is 3. The molecule has 0 atom stereocenters. The fourth-order valence-electron chi connectivity index (χ4n) is 2.32. The summed E-state index contributed by atoms with van der Waals surface area (Å²) in [7, 11) is 0. The van der Waals surface area contributed by atoms with Crippen molar-refractivity contribution in [2.24, 2.45) is 0 Å². The molecular formula is C18H16F3N3. The topological polar surface area (TPSA) is 36.1 Å². The molecule has 3 N–H and O–H groups in total. The standard InChI is InChI=1S/C18H16F3N3/c1-11-6-8-15(14(20)10-11)22-18-16(9-7-13(19)17(18)21)24-23-12-4-2-3-5-12/h2-4,6-10,22-24H,5H2,1H3. The Balaban J connectivity index is 1.88. The van der Waals surface area contributed by atoms with Crippen LogP contribution in [0, 0.1) is 24.4 Å². The summed E-state index contributed by atoms with van der Waals surface area (Å²) in [6, 6.07) is 6.87. The van der Waals surface area contributed by atoms with Crippen molar-refractivity contribution in [2.75, 3.05) is 10.7 Å². The molecule has 24 heavy (non-hydrogen) atoms. The van der Waals surface area contributed by atoms with E-state index in [1.807, 2.05) is 18.2 Å². The summed E-state index contributed by atoms with van der Waals surface area (Å²) < 4.78 is 41.8. The highest BCUT2D eigenvalue weighted by Gasteiger charge is 2.16. The molecule has 3 rings (SSSR count). The Hall–Kier alpha value is -2.89. The van der Waals surface area contributed by atoms with Gasteiger partial charge in [0, 0.05) is 12.1 Å². The van der Waals surface area contributed by atoms with Crippen molar-refractivity contribution >= 4 is 17.1 Å². The van der Waals surface area contributed by atoms with Crippen molar-refractivity contribution in [3.8, 4) is 0 Å². The molecule has 0 heterocycles. The number of benzene rings is 2. The maximum absolute atomic E-state index is 14.2. The van der Waals surface area contributed by atoms with Crippen molar-refractivity contribution in [1.29, 1.82) is 0 Å². The van der Waals surface area contributed by atoms with Crippen LogP contribution in [-0.4, -0.2) is 0 Å². The Morgan fingerprint density at radius 2 is 1.71 bits per heavy atom. The summed E-state index contributed by atoms with van der Waals surface area (Å²) in [6.45, 7) is 1.75. The minimum absolute atomic E-state index is 0.0647. The van der Waals surface area contributed by atoms with E-state index >= 15 is 0 Å². The Labute approximate surface area is 137 Å². The van der Waals surface area contributed by atoms with E-state index in [9.17, 15) is 13.2 Å². The van der Waals surface area contributed by atoms with Gasteiger partial charge in [-0.25, -0.2) is 13.2 Å². The van der Waals surface area contributed by atoms with Crippen molar-refractivity contribution in [3.05, 3.63) is 77.3 Å². The molecule has 0 aromatic heterocycles. The van der Waals surface area contributed by atoms with E-state index in [1.165, 1.54) is 18.2 Å². The Morgan fingerprint density at radius 3 is 2.42 bits per heavy atom. The van der Waals surface area contributed by atoms with Gasteiger partial charge in [0.25, 0.3) is 0 Å². The number of anilines is 3. The molecule has 0 saturated heterocycles. The molecule has 1 aliphatic carbocycles. The van der Waals surface area contributed by atoms with E-state index in [-0.39, 0.29) is 17.1 Å². The molecule has 3 nitrogen and oxygen atoms in total. The maximum atomic E-state index is 14.2. The van der Waals surface area contributed by atoms with Gasteiger partial charge >= 0.3 is 0 Å². The molecule has 2 aromatic rings. The van der Waals surface area contributed by atoms with Gasteiger partial charge in [0.2, 0.25) is 0 Å². The van der Waals surface area contributed by atoms with Crippen LogP contribution in [0.25, 0.3) is 0 Å². The Bertz CT molecular complexity index is 828. The van der Waals surface area contributed by atoms with Crippen molar-refractivity contribution < 1.29 is 13.2 Å². The van der Waals surface area contributed by atoms with Crippen LogP contribution in [0.15, 0.2) is 54.3 Å². The molecule has 0 spiro atoms. The molecule has 6 heteroatoms. The molecule has 0 saturated carbocycles. The van der Waals surface area contributed by atoms with E-state index in [1.54, 1.807) is 13.0 Å². The zero-order chi connectivity index (χ0) is 17.1. The monoisotopic (exact) mass is 331 g/mol. The van der Waals surface area contributed by atoms with Crippen LogP contribution in [0.1, 0.15) is 12.0 Å². The first kappa shape index (κ1) is 16.0. The first-order chi connectivity index (χ1) is 11.5. The fourth-order valence-corrected chi connectivity index (χ4v) is 2.32. The highest BCUT2D eigenvalue weighted by molar-refractivity contribution is 5.75. The average Bonchev–Trinajstić information content (AvgIpc) is 3.06. The average molecular weight is 331 g/mol. The summed E-state index contributed by atoms with van der Waals surface area (Å²) in [4.78, 5) is 0. The van der Waals surface area contributed by atoms with Gasteiger partial charge in [-0.05, 0) is 42.8 Å². The third-order valence-corrected chi connectivity index (χ3v) is 3.61. The smallest absolute Gasteiger partial charge is 0.184 e. The lowest BCUT2D eigenvalue weighted by Gasteiger charge is -2.17. The predicted octanol–water partition coefficient (Wildman–Crippen LogP) is 4.92. The van der Waals surface area contributed by atoms with Crippen LogP contribution >= 0.6 is 0 Å². The summed E-state index contributed by atoms with van der Waals surface area (Å²) in [5.41, 5.74) is 7.52. The second-order valence-electron chi connectivity index (χ2n) is 5.47. The van der Waals surface area contributed by atoms with Crippen molar-refractivity contribution in [2.45, 2.75) is 13.3 Å². The van der Waals surface area contributed by atoms with Gasteiger partial charge in [0.05, 0.1) is 11.4 Å². The Morgan fingerprint density at radius 1 is 0.917 bits per heavy atom. The number of allylic oxidation sites excluding steroid dienone is 3. The predicted molar refractivity (Wildman–Crippen MR) is 89.4 cm³/mol. The summed E-state index contributed by atoms with van der Waals surface area (Å²) in [5, 5.41) is 2.62. The van der Waals surface area contributed by atoms with Crippen LogP contribution in [0.4, 0.5) is 30.2 Å². The molecule has 124 valence electrons. The number of halogens is 3. The maximum Gasteiger partial charge on any atom is 0.184 e. The fraction of sp³-hybridized carbons (Fsp3) is 0.111. The zero-order valence-electron chi connectivity index (χ0n) is 13.0. The summed E-state index contributed by atoms with van der Waals surface area (Å²) in [5.74, 6) is -2.64. The normalized spacial score (nSPS) is 12.9. The van der Waals surface area contributed by atoms with Crippen LogP contribution in [0.2, 0.25) is 0 Å². The minimum atomic E-state index is -1.08. The van der Waals surface area contributed by atoms with Crippen LogP contribution in [-0.2, 0) is 0 Å². The number of hydrogen-bond acceptors (Lipinski definition) is 3. The third-order valence-electron chi connectivity index (χ3n) is 3.61. The number of aryl methyl sites for hydroxylation is 1. The lowest BCUT2D eigenvalue weighted by Crippen LogP contribution is -2.21. The van der Waals surface area contributed by atoms with Gasteiger partial charge in [-0.3, -0.25) is 5.43 Å². The second kappa shape index (κ2) is 6.70. The molecule has 0 unspecified atom stereocenters.